The predicted molar refractivity (Wildman–Crippen MR) is 84.1 cm³/mol. The van der Waals surface area contributed by atoms with Gasteiger partial charge in [0.25, 0.3) is 0 Å². The topological polar surface area (TPSA) is 59.8 Å². The van der Waals surface area contributed by atoms with Crippen molar-refractivity contribution in [2.45, 2.75) is 13.8 Å². The Labute approximate surface area is 160 Å². The number of rotatable bonds is 3. The van der Waals surface area contributed by atoms with Gasteiger partial charge in [0.05, 0.1) is 5.69 Å². The van der Waals surface area contributed by atoms with Crippen LogP contribution >= 0.6 is 0 Å². The van der Waals surface area contributed by atoms with Crippen molar-refractivity contribution in [2.24, 2.45) is 0 Å². The molecule has 6 heteroatoms. The molecule has 0 spiro atoms. The van der Waals surface area contributed by atoms with Crippen LogP contribution in [-0.4, -0.2) is 20.7 Å². The minimum atomic E-state index is -0.223. The number of para-hydroxylation sites is 1. The van der Waals surface area contributed by atoms with E-state index < -0.39 is 0 Å². The van der Waals surface area contributed by atoms with Crippen LogP contribution in [0.25, 0.3) is 5.69 Å². The van der Waals surface area contributed by atoms with Crippen LogP contribution in [-0.2, 0) is 32.7 Å². The van der Waals surface area contributed by atoms with Gasteiger partial charge in [-0.05, 0) is 12.1 Å². The molecule has 113 valence electrons. The molecule has 3 rings (SSSR count). The average molecular weight is 380 g/mol. The molecule has 2 aromatic carbocycles. The molecule has 1 radical (unpaired) electrons. The second-order valence-electron chi connectivity index (χ2n) is 4.97. The quantitative estimate of drug-likeness (QED) is 0.711. The van der Waals surface area contributed by atoms with E-state index in [2.05, 4.69) is 21.5 Å². The normalized spacial score (nSPS) is 10.0. The van der Waals surface area contributed by atoms with Gasteiger partial charge in [-0.1, -0.05) is 37.6 Å². The Bertz CT molecular complexity index is 814. The van der Waals surface area contributed by atoms with E-state index in [1.165, 1.54) is 6.33 Å². The molecule has 0 fully saturated rings. The molecule has 0 aliphatic rings. The summed E-state index contributed by atoms with van der Waals surface area (Å²) in [7, 11) is 0. The zero-order chi connectivity index (χ0) is 15.5. The molecule has 1 aromatic heterocycles. The standard InChI is InChI=1S/C17H15N4O.Y/c1-12-8-9-15(13(2)10-12)16(22)20-17-18-11-19-21(17)14-6-4-3-5-7-14;/h3-9,11H,1-2H3,(H,18,19,20,22);/q-1;. The van der Waals surface area contributed by atoms with Gasteiger partial charge in [-0.25, -0.2) is 0 Å². The largest absolute Gasteiger partial charge is 0.301 e. The van der Waals surface area contributed by atoms with Gasteiger partial charge in [-0.15, -0.1) is 0 Å². The summed E-state index contributed by atoms with van der Waals surface area (Å²) >= 11 is 0. The first-order valence-corrected chi connectivity index (χ1v) is 6.91. The van der Waals surface area contributed by atoms with Gasteiger partial charge in [0.1, 0.15) is 6.33 Å². The molecule has 0 atom stereocenters. The summed E-state index contributed by atoms with van der Waals surface area (Å²) in [6, 6.07) is 16.3. The van der Waals surface area contributed by atoms with Gasteiger partial charge in [0, 0.05) is 32.7 Å². The van der Waals surface area contributed by atoms with Crippen LogP contribution in [0.15, 0.2) is 48.8 Å². The molecule has 0 unspecified atom stereocenters. The number of aromatic nitrogens is 3. The van der Waals surface area contributed by atoms with E-state index in [4.69, 9.17) is 0 Å². The summed E-state index contributed by atoms with van der Waals surface area (Å²) in [5, 5.41) is 6.95. The number of nitrogens with one attached hydrogen (secondary N) is 1. The summed E-state index contributed by atoms with van der Waals surface area (Å²) in [5.74, 6) is 0.162. The van der Waals surface area contributed by atoms with Crippen molar-refractivity contribution in [1.82, 2.24) is 14.8 Å². The maximum absolute atomic E-state index is 12.4. The third kappa shape index (κ3) is 3.92. The number of aryl methyl sites for hydroxylation is 2. The van der Waals surface area contributed by atoms with E-state index in [-0.39, 0.29) is 38.6 Å². The minimum absolute atomic E-state index is 0. The zero-order valence-electron chi connectivity index (χ0n) is 12.9. The number of carbonyl (C=O) groups excluding carboxylic acids is 1. The van der Waals surface area contributed by atoms with E-state index in [1.807, 2.05) is 50.2 Å². The van der Waals surface area contributed by atoms with Crippen LogP contribution in [0, 0.1) is 19.9 Å². The number of hydrogen-bond donors (Lipinski definition) is 1. The smallest absolute Gasteiger partial charge is 0.232 e. The molecule has 23 heavy (non-hydrogen) atoms. The number of benzene rings is 2. The Morgan fingerprint density at radius 3 is 2.57 bits per heavy atom. The molecular weight excluding hydrogens is 365 g/mol. The third-order valence-corrected chi connectivity index (χ3v) is 3.31. The van der Waals surface area contributed by atoms with Crippen molar-refractivity contribution in [3.05, 3.63) is 71.5 Å². The third-order valence-electron chi connectivity index (χ3n) is 3.31. The molecule has 0 saturated heterocycles. The Morgan fingerprint density at radius 2 is 1.87 bits per heavy atom. The van der Waals surface area contributed by atoms with E-state index >= 15 is 0 Å². The first-order valence-electron chi connectivity index (χ1n) is 6.91. The van der Waals surface area contributed by atoms with E-state index in [9.17, 15) is 4.79 Å². The van der Waals surface area contributed by atoms with E-state index in [0.29, 0.717) is 11.5 Å². The molecule has 0 bridgehead atoms. The number of anilines is 1. The summed E-state index contributed by atoms with van der Waals surface area (Å²) in [6.07, 6.45) is 1.41. The fourth-order valence-corrected chi connectivity index (χ4v) is 2.24. The predicted octanol–water partition coefficient (Wildman–Crippen LogP) is 2.93. The summed E-state index contributed by atoms with van der Waals surface area (Å²) < 4.78 is 1.59. The summed E-state index contributed by atoms with van der Waals surface area (Å²) in [5.41, 5.74) is 3.22. The molecule has 0 aliphatic carbocycles. The number of hydrogen-bond acceptors (Lipinski definition) is 3. The van der Waals surface area contributed by atoms with Crippen molar-refractivity contribution in [3.8, 4) is 5.69 Å². The average Bonchev–Trinajstić information content (AvgIpc) is 2.96. The molecule has 1 N–H and O–H groups in total. The fourth-order valence-electron chi connectivity index (χ4n) is 2.24. The van der Waals surface area contributed by atoms with Gasteiger partial charge >= 0.3 is 0 Å². The number of nitrogens with zero attached hydrogens (tertiary/aromatic N) is 3. The van der Waals surface area contributed by atoms with Gasteiger partial charge in [0.15, 0.2) is 0 Å². The van der Waals surface area contributed by atoms with Crippen molar-refractivity contribution in [1.29, 1.82) is 0 Å². The molecule has 5 nitrogen and oxygen atoms in total. The van der Waals surface area contributed by atoms with Crippen molar-refractivity contribution in [3.63, 3.8) is 0 Å². The second kappa shape index (κ2) is 7.62. The molecule has 3 aromatic rings. The summed E-state index contributed by atoms with van der Waals surface area (Å²) in [4.78, 5) is 16.5. The van der Waals surface area contributed by atoms with Crippen LogP contribution in [0.3, 0.4) is 0 Å². The van der Waals surface area contributed by atoms with Crippen LogP contribution in [0.5, 0.6) is 0 Å². The van der Waals surface area contributed by atoms with Crippen molar-refractivity contribution >= 4 is 11.9 Å². The van der Waals surface area contributed by atoms with Gasteiger partial charge in [0.2, 0.25) is 11.9 Å². The van der Waals surface area contributed by atoms with Crippen LogP contribution < -0.4 is 5.32 Å². The van der Waals surface area contributed by atoms with E-state index in [0.717, 1.165) is 16.8 Å². The van der Waals surface area contributed by atoms with Gasteiger partial charge in [-0.2, -0.15) is 44.1 Å². The Kier molecular flexibility index (Phi) is 5.80. The molecule has 1 amide bonds. The van der Waals surface area contributed by atoms with Crippen LogP contribution in [0.4, 0.5) is 5.95 Å². The van der Waals surface area contributed by atoms with Crippen LogP contribution in [0.1, 0.15) is 21.5 Å². The van der Waals surface area contributed by atoms with Crippen molar-refractivity contribution < 1.29 is 37.5 Å². The Hall–Kier alpha value is -1.85. The Balaban J connectivity index is 0.00000192. The van der Waals surface area contributed by atoms with Crippen molar-refractivity contribution in [2.75, 3.05) is 5.32 Å². The fraction of sp³-hybridized carbons (Fsp3) is 0.118. The Morgan fingerprint density at radius 1 is 1.13 bits per heavy atom. The van der Waals surface area contributed by atoms with E-state index in [1.54, 1.807) is 10.7 Å². The zero-order valence-corrected chi connectivity index (χ0v) is 15.8. The number of amides is 1. The SMILES string of the molecule is Cc1[c-]c(C)c(C(=O)Nc2ncnn2-c2ccccc2)cc1.[Y]. The molecule has 1 heterocycles. The van der Waals surface area contributed by atoms with Crippen LogP contribution in [0.2, 0.25) is 0 Å². The molecule has 0 aliphatic heterocycles. The number of carbonyl (C=O) groups is 1. The monoisotopic (exact) mass is 380 g/mol. The van der Waals surface area contributed by atoms with Gasteiger partial charge in [-0.3, -0.25) is 4.79 Å². The summed E-state index contributed by atoms with van der Waals surface area (Å²) in [6.45, 7) is 3.81. The molecule has 0 saturated carbocycles. The molecular formula is C17H15N4OY-. The first-order chi connectivity index (χ1) is 10.6. The minimum Gasteiger partial charge on any atom is -0.301 e. The maximum atomic E-state index is 12.4. The maximum Gasteiger partial charge on any atom is 0.232 e. The van der Waals surface area contributed by atoms with Gasteiger partial charge < -0.3 is 5.32 Å². The second-order valence-corrected chi connectivity index (χ2v) is 4.97. The first kappa shape index (κ1) is 17.5.